The molecule has 1 heterocycles. The molecular formula is C8H11N5O2S2. The molecule has 1 rings (SSSR count). The highest BCUT2D eigenvalue weighted by Gasteiger charge is 2.07. The molecule has 17 heavy (non-hydrogen) atoms. The van der Waals surface area contributed by atoms with Crippen LogP contribution in [0.15, 0.2) is 16.5 Å². The van der Waals surface area contributed by atoms with Crippen molar-refractivity contribution in [2.24, 2.45) is 17.9 Å². The Hall–Kier alpha value is -1.61. The third-order valence-corrected chi connectivity index (χ3v) is 2.80. The van der Waals surface area contributed by atoms with E-state index in [1.807, 2.05) is 0 Å². The summed E-state index contributed by atoms with van der Waals surface area (Å²) in [5, 5.41) is 13.0. The Morgan fingerprint density at radius 3 is 3.18 bits per heavy atom. The van der Waals surface area contributed by atoms with Crippen LogP contribution in [0.25, 0.3) is 0 Å². The number of hydrazone groups is 1. The molecule has 0 aromatic carbocycles. The highest BCUT2D eigenvalue weighted by molar-refractivity contribution is 7.99. The number of thioether (sulfide) groups is 1. The van der Waals surface area contributed by atoms with Gasteiger partial charge in [-0.05, 0) is 12.2 Å². The summed E-state index contributed by atoms with van der Waals surface area (Å²) in [6.07, 6.45) is 3.08. The zero-order chi connectivity index (χ0) is 12.8. The zero-order valence-electron chi connectivity index (χ0n) is 8.95. The summed E-state index contributed by atoms with van der Waals surface area (Å²) < 4.78 is 1.72. The quantitative estimate of drug-likeness (QED) is 0.294. The molecule has 0 aliphatic heterocycles. The van der Waals surface area contributed by atoms with Crippen LogP contribution >= 0.6 is 24.0 Å². The smallest absolute Gasteiger partial charge is 0.313 e. The van der Waals surface area contributed by atoms with Gasteiger partial charge in [0.2, 0.25) is 0 Å². The maximum atomic E-state index is 10.4. The summed E-state index contributed by atoms with van der Waals surface area (Å²) in [5.74, 6) is -0.921. The Balaban J connectivity index is 2.66. The molecular weight excluding hydrogens is 262 g/mol. The molecule has 0 aliphatic rings. The lowest BCUT2D eigenvalue weighted by molar-refractivity contribution is -0.133. The summed E-state index contributed by atoms with van der Waals surface area (Å²) in [4.78, 5) is 14.5. The number of nitrogens with zero attached hydrogens (tertiary/aromatic N) is 3. The molecule has 1 aromatic rings. The molecule has 92 valence electrons. The minimum Gasteiger partial charge on any atom is -0.481 e. The van der Waals surface area contributed by atoms with Gasteiger partial charge in [-0.15, -0.1) is 0 Å². The number of aromatic nitrogens is 2. The van der Waals surface area contributed by atoms with E-state index in [9.17, 15) is 4.79 Å². The largest absolute Gasteiger partial charge is 0.481 e. The van der Waals surface area contributed by atoms with Crippen LogP contribution in [0.3, 0.4) is 0 Å². The molecule has 0 atom stereocenters. The van der Waals surface area contributed by atoms with Gasteiger partial charge in [-0.1, -0.05) is 11.8 Å². The van der Waals surface area contributed by atoms with Gasteiger partial charge in [0.25, 0.3) is 0 Å². The first-order chi connectivity index (χ1) is 8.00. The second-order valence-electron chi connectivity index (χ2n) is 2.94. The van der Waals surface area contributed by atoms with Crippen molar-refractivity contribution in [1.29, 1.82) is 0 Å². The maximum absolute atomic E-state index is 10.4. The first kappa shape index (κ1) is 13.5. The van der Waals surface area contributed by atoms with Crippen LogP contribution < -0.4 is 11.2 Å². The van der Waals surface area contributed by atoms with E-state index in [1.165, 1.54) is 6.21 Å². The topological polar surface area (TPSA) is 106 Å². The van der Waals surface area contributed by atoms with Crippen molar-refractivity contribution in [1.82, 2.24) is 15.0 Å². The average Bonchev–Trinajstić information content (AvgIpc) is 2.57. The fourth-order valence-electron chi connectivity index (χ4n) is 0.947. The molecule has 0 fully saturated rings. The molecule has 7 nitrogen and oxygen atoms in total. The SMILES string of the molecule is Cn1c(/C=N/NC(N)=S)cnc1SCC(=O)O. The number of rotatable bonds is 5. The van der Waals surface area contributed by atoms with Crippen LogP contribution in [-0.2, 0) is 11.8 Å². The van der Waals surface area contributed by atoms with Crippen LogP contribution in [-0.4, -0.2) is 37.7 Å². The van der Waals surface area contributed by atoms with Crippen molar-refractivity contribution in [3.8, 4) is 0 Å². The maximum Gasteiger partial charge on any atom is 0.313 e. The van der Waals surface area contributed by atoms with Gasteiger partial charge in [-0.3, -0.25) is 10.2 Å². The number of imidazole rings is 1. The number of nitrogens with two attached hydrogens (primary N) is 1. The summed E-state index contributed by atoms with van der Waals surface area (Å²) in [5.41, 5.74) is 8.32. The van der Waals surface area contributed by atoms with Gasteiger partial charge in [0.15, 0.2) is 10.3 Å². The second-order valence-corrected chi connectivity index (χ2v) is 4.32. The van der Waals surface area contributed by atoms with Gasteiger partial charge in [0, 0.05) is 7.05 Å². The van der Waals surface area contributed by atoms with Gasteiger partial charge in [-0.25, -0.2) is 4.98 Å². The van der Waals surface area contributed by atoms with Gasteiger partial charge >= 0.3 is 5.97 Å². The monoisotopic (exact) mass is 273 g/mol. The Morgan fingerprint density at radius 1 is 1.88 bits per heavy atom. The number of carboxylic acids is 1. The normalized spacial score (nSPS) is 10.6. The molecule has 9 heteroatoms. The Labute approximate surface area is 107 Å². The number of hydrogen-bond acceptors (Lipinski definition) is 5. The van der Waals surface area contributed by atoms with E-state index in [-0.39, 0.29) is 10.9 Å². The first-order valence-corrected chi connectivity index (χ1v) is 5.85. The van der Waals surface area contributed by atoms with Crippen molar-refractivity contribution in [3.05, 3.63) is 11.9 Å². The van der Waals surface area contributed by atoms with Crippen molar-refractivity contribution < 1.29 is 9.90 Å². The van der Waals surface area contributed by atoms with Gasteiger partial charge < -0.3 is 15.4 Å². The number of carboxylic acid groups (broad SMARTS) is 1. The van der Waals surface area contributed by atoms with E-state index < -0.39 is 5.97 Å². The predicted octanol–water partition coefficient (Wildman–Crippen LogP) is -0.236. The van der Waals surface area contributed by atoms with Crippen molar-refractivity contribution in [3.63, 3.8) is 0 Å². The Kier molecular flexibility index (Phi) is 4.91. The molecule has 0 saturated heterocycles. The molecule has 0 aliphatic carbocycles. The molecule has 0 amide bonds. The molecule has 0 radical (unpaired) electrons. The summed E-state index contributed by atoms with van der Waals surface area (Å²) in [7, 11) is 1.76. The highest BCUT2D eigenvalue weighted by Crippen LogP contribution is 2.15. The molecule has 0 unspecified atom stereocenters. The van der Waals surface area contributed by atoms with Crippen molar-refractivity contribution in [2.45, 2.75) is 5.16 Å². The van der Waals surface area contributed by atoms with Gasteiger partial charge in [0.1, 0.15) is 0 Å². The third kappa shape index (κ3) is 4.41. The third-order valence-electron chi connectivity index (χ3n) is 1.68. The van der Waals surface area contributed by atoms with Crippen LogP contribution in [0.2, 0.25) is 0 Å². The van der Waals surface area contributed by atoms with E-state index in [1.54, 1.807) is 17.8 Å². The van der Waals surface area contributed by atoms with Crippen LogP contribution in [0.5, 0.6) is 0 Å². The minimum absolute atomic E-state index is 0.0351. The lowest BCUT2D eigenvalue weighted by Gasteiger charge is -2.00. The van der Waals surface area contributed by atoms with E-state index in [0.29, 0.717) is 10.9 Å². The number of thiocarbonyl (C=S) groups is 1. The zero-order valence-corrected chi connectivity index (χ0v) is 10.6. The highest BCUT2D eigenvalue weighted by atomic mass is 32.2. The van der Waals surface area contributed by atoms with E-state index in [2.05, 4.69) is 27.7 Å². The molecule has 4 N–H and O–H groups in total. The van der Waals surface area contributed by atoms with Crippen LogP contribution in [0, 0.1) is 0 Å². The van der Waals surface area contributed by atoms with E-state index in [4.69, 9.17) is 10.8 Å². The lowest BCUT2D eigenvalue weighted by Crippen LogP contribution is -2.24. The van der Waals surface area contributed by atoms with Crippen molar-refractivity contribution in [2.75, 3.05) is 5.75 Å². The molecule has 0 spiro atoms. The molecule has 0 bridgehead atoms. The number of nitrogens with one attached hydrogen (secondary N) is 1. The second kappa shape index (κ2) is 6.21. The van der Waals surface area contributed by atoms with E-state index >= 15 is 0 Å². The summed E-state index contributed by atoms with van der Waals surface area (Å²) in [6.45, 7) is 0. The van der Waals surface area contributed by atoms with Crippen LogP contribution in [0.1, 0.15) is 5.69 Å². The molecule has 1 aromatic heterocycles. The fourth-order valence-corrected chi connectivity index (χ4v) is 1.68. The summed E-state index contributed by atoms with van der Waals surface area (Å²) in [6, 6.07) is 0. The van der Waals surface area contributed by atoms with Gasteiger partial charge in [-0.2, -0.15) is 5.10 Å². The van der Waals surface area contributed by atoms with Crippen molar-refractivity contribution >= 4 is 41.3 Å². The van der Waals surface area contributed by atoms with Crippen LogP contribution in [0.4, 0.5) is 0 Å². The summed E-state index contributed by atoms with van der Waals surface area (Å²) >= 11 is 5.72. The average molecular weight is 273 g/mol. The first-order valence-electron chi connectivity index (χ1n) is 4.45. The van der Waals surface area contributed by atoms with E-state index in [0.717, 1.165) is 11.8 Å². The Morgan fingerprint density at radius 2 is 2.59 bits per heavy atom. The standard InChI is InChI=1S/C8H11N5O2S2/c1-13-5(3-11-12-7(9)16)2-10-8(13)17-4-6(14)15/h2-3H,4H2,1H3,(H,14,15)(H3,9,12,16)/b11-3+. The number of hydrogen-bond donors (Lipinski definition) is 3. The number of carbonyl (C=O) groups is 1. The molecule has 0 saturated carbocycles. The fraction of sp³-hybridized carbons (Fsp3) is 0.250. The number of aliphatic carboxylic acids is 1. The predicted molar refractivity (Wildman–Crippen MR) is 69.1 cm³/mol. The van der Waals surface area contributed by atoms with Gasteiger partial charge in [0.05, 0.1) is 23.9 Å². The lowest BCUT2D eigenvalue weighted by atomic mass is 10.5. The Bertz CT molecular complexity index is 457. The minimum atomic E-state index is -0.886.